The molecule has 0 fully saturated rings. The molecule has 2 aromatic carbocycles. The van der Waals surface area contributed by atoms with Gasteiger partial charge < -0.3 is 20.1 Å². The number of ketones is 1. The molecule has 2 unspecified atom stereocenters. The maximum atomic E-state index is 13.4. The fourth-order valence-electron chi connectivity index (χ4n) is 4.63. The summed E-state index contributed by atoms with van der Waals surface area (Å²) in [5.74, 6) is 1.19. The number of carbonyl (C=O) groups is 1. The summed E-state index contributed by atoms with van der Waals surface area (Å²) in [5.41, 5.74) is 6.04. The number of anilines is 2. The van der Waals surface area contributed by atoms with Crippen LogP contribution in [0.4, 0.5) is 11.4 Å². The summed E-state index contributed by atoms with van der Waals surface area (Å²) in [4.78, 5) is 13.4. The van der Waals surface area contributed by atoms with Crippen LogP contribution in [0.1, 0.15) is 43.0 Å². The van der Waals surface area contributed by atoms with Crippen molar-refractivity contribution in [2.24, 2.45) is 11.3 Å². The van der Waals surface area contributed by atoms with E-state index in [1.54, 1.807) is 14.2 Å². The van der Waals surface area contributed by atoms with E-state index in [4.69, 9.17) is 9.47 Å². The Hall–Kier alpha value is -2.95. The number of Topliss-reactive ketones (excluding diaryl/α,β-unsaturated/α-hetero) is 1. The quantitative estimate of drug-likeness (QED) is 0.715. The number of rotatable bonds is 3. The summed E-state index contributed by atoms with van der Waals surface area (Å²) < 4.78 is 11.3. The topological polar surface area (TPSA) is 59.6 Å². The number of allylic oxidation sites excluding steroid dienone is 1. The van der Waals surface area contributed by atoms with Crippen molar-refractivity contribution in [1.82, 2.24) is 0 Å². The molecule has 2 aromatic rings. The highest BCUT2D eigenvalue weighted by atomic mass is 16.5. The van der Waals surface area contributed by atoms with Gasteiger partial charge in [0.25, 0.3) is 0 Å². The van der Waals surface area contributed by atoms with Crippen molar-refractivity contribution in [3.8, 4) is 11.5 Å². The molecule has 1 aliphatic heterocycles. The van der Waals surface area contributed by atoms with Crippen LogP contribution in [0.3, 0.4) is 0 Å². The second-order valence-corrected chi connectivity index (χ2v) is 9.02. The Bertz CT molecular complexity index is 1040. The lowest BCUT2D eigenvalue weighted by atomic mass is 9.72. The number of benzene rings is 2. The second kappa shape index (κ2) is 7.38. The lowest BCUT2D eigenvalue weighted by Gasteiger charge is -2.35. The molecular weight excluding hydrogens is 376 g/mol. The van der Waals surface area contributed by atoms with E-state index in [1.165, 1.54) is 11.1 Å². The fourth-order valence-corrected chi connectivity index (χ4v) is 4.63. The average Bonchev–Trinajstić information content (AvgIpc) is 2.83. The highest BCUT2D eigenvalue weighted by Gasteiger charge is 2.42. The summed E-state index contributed by atoms with van der Waals surface area (Å²) in [7, 11) is 3.27. The van der Waals surface area contributed by atoms with E-state index >= 15 is 0 Å². The first-order valence-corrected chi connectivity index (χ1v) is 10.4. The number of hydrogen-bond acceptors (Lipinski definition) is 5. The Labute approximate surface area is 178 Å². The molecule has 4 rings (SSSR count). The molecule has 0 saturated heterocycles. The van der Waals surface area contributed by atoms with Gasteiger partial charge in [-0.2, -0.15) is 0 Å². The Morgan fingerprint density at radius 2 is 1.73 bits per heavy atom. The van der Waals surface area contributed by atoms with Crippen molar-refractivity contribution in [2.45, 2.75) is 40.2 Å². The Kier molecular flexibility index (Phi) is 5.00. The van der Waals surface area contributed by atoms with Gasteiger partial charge in [-0.1, -0.05) is 32.1 Å². The normalized spacial score (nSPS) is 21.9. The summed E-state index contributed by atoms with van der Waals surface area (Å²) in [6.07, 6.45) is 2.71. The van der Waals surface area contributed by atoms with Gasteiger partial charge in [-0.05, 0) is 48.6 Å². The molecule has 0 bridgehead atoms. The van der Waals surface area contributed by atoms with Gasteiger partial charge >= 0.3 is 0 Å². The monoisotopic (exact) mass is 406 g/mol. The van der Waals surface area contributed by atoms with Gasteiger partial charge in [0.2, 0.25) is 0 Å². The van der Waals surface area contributed by atoms with Crippen molar-refractivity contribution >= 4 is 17.2 Å². The first-order chi connectivity index (χ1) is 14.2. The van der Waals surface area contributed by atoms with E-state index in [9.17, 15) is 4.79 Å². The smallest absolute Gasteiger partial charge is 0.166 e. The molecule has 0 spiro atoms. The number of para-hydroxylation sites is 1. The molecule has 5 nitrogen and oxygen atoms in total. The van der Waals surface area contributed by atoms with Gasteiger partial charge in [0.15, 0.2) is 11.5 Å². The number of carbonyl (C=O) groups excluding carboxylic acids is 1. The fraction of sp³-hybridized carbons (Fsp3) is 0.400. The summed E-state index contributed by atoms with van der Waals surface area (Å²) in [6.45, 7) is 8.42. The Morgan fingerprint density at radius 1 is 1.03 bits per heavy atom. The minimum Gasteiger partial charge on any atom is -0.493 e. The van der Waals surface area contributed by atoms with Crippen LogP contribution in [0.15, 0.2) is 42.1 Å². The first-order valence-electron chi connectivity index (χ1n) is 10.4. The van der Waals surface area contributed by atoms with Crippen LogP contribution in [-0.2, 0) is 4.79 Å². The zero-order valence-electron chi connectivity index (χ0n) is 18.6. The third-order valence-corrected chi connectivity index (χ3v) is 6.18. The Balaban J connectivity index is 1.95. The van der Waals surface area contributed by atoms with Gasteiger partial charge in [0.05, 0.1) is 37.6 Å². The largest absolute Gasteiger partial charge is 0.493 e. The maximum absolute atomic E-state index is 13.4. The van der Waals surface area contributed by atoms with E-state index in [0.717, 1.165) is 22.6 Å². The molecule has 158 valence electrons. The molecule has 2 N–H and O–H groups in total. The number of aryl methyl sites for hydroxylation is 2. The van der Waals surface area contributed by atoms with Crippen molar-refractivity contribution in [1.29, 1.82) is 0 Å². The van der Waals surface area contributed by atoms with Crippen molar-refractivity contribution in [2.75, 3.05) is 24.9 Å². The van der Waals surface area contributed by atoms with Crippen LogP contribution in [0.2, 0.25) is 0 Å². The van der Waals surface area contributed by atoms with Crippen LogP contribution in [0, 0.1) is 25.2 Å². The van der Waals surface area contributed by atoms with Crippen LogP contribution in [-0.4, -0.2) is 20.0 Å². The SMILES string of the molecule is COc1cccc(C2Nc3cc(C)c(C)cc3NC3=CC(C)(C)CC(=O)C32)c1OC. The van der Waals surface area contributed by atoms with E-state index in [2.05, 4.69) is 56.5 Å². The molecule has 2 atom stereocenters. The second-order valence-electron chi connectivity index (χ2n) is 9.02. The van der Waals surface area contributed by atoms with Crippen molar-refractivity contribution in [3.63, 3.8) is 0 Å². The van der Waals surface area contributed by atoms with Gasteiger partial charge in [-0.15, -0.1) is 0 Å². The van der Waals surface area contributed by atoms with Gasteiger partial charge in [0.1, 0.15) is 5.78 Å². The average molecular weight is 407 g/mol. The van der Waals surface area contributed by atoms with Crippen LogP contribution in [0.5, 0.6) is 11.5 Å². The summed E-state index contributed by atoms with van der Waals surface area (Å²) in [5, 5.41) is 7.25. The van der Waals surface area contributed by atoms with Gasteiger partial charge in [-0.25, -0.2) is 0 Å². The third kappa shape index (κ3) is 3.42. The lowest BCUT2D eigenvalue weighted by Crippen LogP contribution is -2.36. The van der Waals surface area contributed by atoms with Crippen molar-refractivity contribution in [3.05, 3.63) is 58.8 Å². The van der Waals surface area contributed by atoms with Gasteiger partial charge in [0, 0.05) is 17.7 Å². The first kappa shape index (κ1) is 20.3. The molecule has 30 heavy (non-hydrogen) atoms. The number of methoxy groups -OCH3 is 2. The standard InChI is InChI=1S/C25H30N2O3/c1-14-10-17-18(11-15(14)2)27-23(16-8-7-9-21(29-5)24(16)30-6)22-19(26-17)12-25(3,4)13-20(22)28/h7-12,22-23,26-27H,13H2,1-6H3. The van der Waals surface area contributed by atoms with Crippen molar-refractivity contribution < 1.29 is 14.3 Å². The molecule has 0 aromatic heterocycles. The molecule has 0 saturated carbocycles. The number of hydrogen-bond donors (Lipinski definition) is 2. The highest BCUT2D eigenvalue weighted by molar-refractivity contribution is 5.90. The lowest BCUT2D eigenvalue weighted by molar-refractivity contribution is -0.124. The summed E-state index contributed by atoms with van der Waals surface area (Å²) >= 11 is 0. The molecule has 5 heteroatoms. The minimum atomic E-state index is -0.341. The summed E-state index contributed by atoms with van der Waals surface area (Å²) in [6, 6.07) is 9.84. The van der Waals surface area contributed by atoms with E-state index in [1.807, 2.05) is 18.2 Å². The van der Waals surface area contributed by atoms with Crippen LogP contribution < -0.4 is 20.1 Å². The number of ether oxygens (including phenoxy) is 2. The van der Waals surface area contributed by atoms with E-state index in [0.29, 0.717) is 17.9 Å². The molecule has 2 aliphatic rings. The van der Waals surface area contributed by atoms with Crippen LogP contribution in [0.25, 0.3) is 0 Å². The minimum absolute atomic E-state index is 0.191. The maximum Gasteiger partial charge on any atom is 0.166 e. The Morgan fingerprint density at radius 3 is 2.40 bits per heavy atom. The van der Waals surface area contributed by atoms with E-state index < -0.39 is 0 Å². The molecule has 1 heterocycles. The molecular formula is C25H30N2O3. The molecule has 1 aliphatic carbocycles. The van der Waals surface area contributed by atoms with Crippen LogP contribution >= 0.6 is 0 Å². The molecule has 0 radical (unpaired) electrons. The highest BCUT2D eigenvalue weighted by Crippen LogP contribution is 2.48. The number of fused-ring (bicyclic) bond motifs is 2. The zero-order chi connectivity index (χ0) is 21.6. The predicted octanol–water partition coefficient (Wildman–Crippen LogP) is 5.40. The van der Waals surface area contributed by atoms with E-state index in [-0.39, 0.29) is 23.2 Å². The third-order valence-electron chi connectivity index (χ3n) is 6.18. The number of nitrogens with one attached hydrogen (secondary N) is 2. The zero-order valence-corrected chi connectivity index (χ0v) is 18.6. The van der Waals surface area contributed by atoms with Gasteiger partial charge in [-0.3, -0.25) is 4.79 Å². The molecule has 0 amide bonds. The predicted molar refractivity (Wildman–Crippen MR) is 120 cm³/mol.